The Labute approximate surface area is 99.4 Å². The third-order valence-corrected chi connectivity index (χ3v) is 5.43. The van der Waals surface area contributed by atoms with E-state index in [1.807, 2.05) is 0 Å². The maximum atomic E-state index is 12.3. The van der Waals surface area contributed by atoms with Crippen molar-refractivity contribution in [1.29, 1.82) is 0 Å². The summed E-state index contributed by atoms with van der Waals surface area (Å²) < 4.78 is 23.0. The molecule has 1 aliphatic rings. The third kappa shape index (κ3) is 1.56. The highest BCUT2D eigenvalue weighted by atomic mass is 32.2. The number of carbonyl (C=O) groups is 1. The largest absolute Gasteiger partial charge is 0.392 e. The highest BCUT2D eigenvalue weighted by Gasteiger charge is 2.47. The molecule has 0 bridgehead atoms. The number of aliphatic hydroxyl groups is 1. The summed E-state index contributed by atoms with van der Waals surface area (Å²) >= 11 is 0. The molecular formula is C11H13NO4S. The molecule has 0 fully saturated rings. The zero-order valence-corrected chi connectivity index (χ0v) is 10.3. The Kier molecular flexibility index (Phi) is 2.52. The molecule has 0 spiro atoms. The van der Waals surface area contributed by atoms with E-state index in [0.29, 0.717) is 5.56 Å². The van der Waals surface area contributed by atoms with Gasteiger partial charge in [0, 0.05) is 0 Å². The lowest BCUT2D eigenvalue weighted by Gasteiger charge is -2.30. The Hall–Kier alpha value is -1.40. The summed E-state index contributed by atoms with van der Waals surface area (Å²) in [5, 5.41) is 11.6. The van der Waals surface area contributed by atoms with Crippen LogP contribution in [0.3, 0.4) is 0 Å². The second-order valence-corrected chi connectivity index (χ2v) is 6.92. The van der Waals surface area contributed by atoms with E-state index in [-0.39, 0.29) is 17.2 Å². The van der Waals surface area contributed by atoms with Crippen LogP contribution < -0.4 is 5.32 Å². The Morgan fingerprint density at radius 3 is 2.59 bits per heavy atom. The number of fused-ring (bicyclic) bond motifs is 1. The van der Waals surface area contributed by atoms with Gasteiger partial charge in [-0.2, -0.15) is 0 Å². The summed E-state index contributed by atoms with van der Waals surface area (Å²) in [6.45, 7) is 2.50. The average Bonchev–Trinajstić information content (AvgIpc) is 2.27. The normalized spacial score (nSPS) is 20.5. The van der Waals surface area contributed by atoms with E-state index in [1.165, 1.54) is 26.0 Å². The first-order valence-electron chi connectivity index (χ1n) is 5.10. The van der Waals surface area contributed by atoms with Gasteiger partial charge >= 0.3 is 0 Å². The molecule has 0 radical (unpaired) electrons. The molecule has 1 aromatic rings. The standard InChI is InChI=1S/C11H13NO4S/c1-11(2)10(14)12-8-4-3-7(6-13)5-9(8)17(11,15)16/h3-5,13H,6H2,1-2H3,(H,12,14). The van der Waals surface area contributed by atoms with Gasteiger partial charge in [0.05, 0.1) is 17.2 Å². The number of benzene rings is 1. The number of aliphatic hydroxyl groups excluding tert-OH is 1. The van der Waals surface area contributed by atoms with Crippen molar-refractivity contribution in [1.82, 2.24) is 0 Å². The summed E-state index contributed by atoms with van der Waals surface area (Å²) in [4.78, 5) is 11.8. The van der Waals surface area contributed by atoms with Gasteiger partial charge < -0.3 is 10.4 Å². The topological polar surface area (TPSA) is 83.5 Å². The van der Waals surface area contributed by atoms with Crippen molar-refractivity contribution >= 4 is 21.4 Å². The van der Waals surface area contributed by atoms with Crippen molar-refractivity contribution in [2.45, 2.75) is 30.1 Å². The van der Waals surface area contributed by atoms with E-state index >= 15 is 0 Å². The first-order valence-corrected chi connectivity index (χ1v) is 6.59. The van der Waals surface area contributed by atoms with Gasteiger partial charge in [0.15, 0.2) is 9.84 Å². The van der Waals surface area contributed by atoms with Gasteiger partial charge in [0.2, 0.25) is 5.91 Å². The van der Waals surface area contributed by atoms with Crippen LogP contribution in [-0.4, -0.2) is 24.2 Å². The van der Waals surface area contributed by atoms with Gasteiger partial charge in [-0.05, 0) is 31.5 Å². The summed E-state index contributed by atoms with van der Waals surface area (Å²) in [5.74, 6) is -0.540. The molecule has 2 N–H and O–H groups in total. The molecule has 0 saturated heterocycles. The Balaban J connectivity index is 2.74. The molecule has 1 heterocycles. The molecule has 2 rings (SSSR count). The number of amides is 1. The zero-order valence-electron chi connectivity index (χ0n) is 9.52. The fourth-order valence-corrected chi connectivity index (χ4v) is 3.22. The van der Waals surface area contributed by atoms with E-state index in [2.05, 4.69) is 5.32 Å². The van der Waals surface area contributed by atoms with Crippen molar-refractivity contribution in [3.8, 4) is 0 Å². The smallest absolute Gasteiger partial charge is 0.245 e. The van der Waals surface area contributed by atoms with Crippen LogP contribution in [0.5, 0.6) is 0 Å². The molecule has 0 aliphatic carbocycles. The lowest BCUT2D eigenvalue weighted by Crippen LogP contribution is -2.48. The van der Waals surface area contributed by atoms with Gasteiger partial charge in [-0.3, -0.25) is 4.79 Å². The van der Waals surface area contributed by atoms with Gasteiger partial charge in [-0.15, -0.1) is 0 Å². The molecule has 0 saturated carbocycles. The second-order valence-electron chi connectivity index (χ2n) is 4.46. The summed E-state index contributed by atoms with van der Waals surface area (Å²) in [7, 11) is -3.73. The number of sulfone groups is 1. The summed E-state index contributed by atoms with van der Waals surface area (Å²) in [6.07, 6.45) is 0. The first-order chi connectivity index (χ1) is 7.80. The minimum atomic E-state index is -3.73. The van der Waals surface area contributed by atoms with Crippen LogP contribution in [-0.2, 0) is 21.2 Å². The molecule has 5 nitrogen and oxygen atoms in total. The van der Waals surface area contributed by atoms with Crippen LogP contribution >= 0.6 is 0 Å². The molecule has 1 aliphatic heterocycles. The number of nitrogens with one attached hydrogen (secondary N) is 1. The minimum Gasteiger partial charge on any atom is -0.392 e. The van der Waals surface area contributed by atoms with E-state index < -0.39 is 20.5 Å². The lowest BCUT2D eigenvalue weighted by molar-refractivity contribution is -0.118. The summed E-state index contributed by atoms with van der Waals surface area (Å²) in [5.41, 5.74) is 0.769. The van der Waals surface area contributed by atoms with Crippen LogP contribution in [0.4, 0.5) is 5.69 Å². The van der Waals surface area contributed by atoms with Crippen LogP contribution in [0.2, 0.25) is 0 Å². The maximum Gasteiger partial charge on any atom is 0.245 e. The first kappa shape index (κ1) is 12.1. The Bertz CT molecular complexity index is 589. The van der Waals surface area contributed by atoms with Crippen LogP contribution in [0, 0.1) is 0 Å². The number of anilines is 1. The van der Waals surface area contributed by atoms with Crippen LogP contribution in [0.1, 0.15) is 19.4 Å². The van der Waals surface area contributed by atoms with E-state index in [1.54, 1.807) is 6.07 Å². The maximum absolute atomic E-state index is 12.3. The van der Waals surface area contributed by atoms with Crippen molar-refractivity contribution in [2.75, 3.05) is 5.32 Å². The van der Waals surface area contributed by atoms with Crippen LogP contribution in [0.15, 0.2) is 23.1 Å². The van der Waals surface area contributed by atoms with Gasteiger partial charge in [0.25, 0.3) is 0 Å². The van der Waals surface area contributed by atoms with Crippen molar-refractivity contribution in [3.63, 3.8) is 0 Å². The SMILES string of the molecule is CC1(C)C(=O)Nc2ccc(CO)cc2S1(=O)=O. The molecule has 0 unspecified atom stereocenters. The molecule has 92 valence electrons. The predicted molar refractivity (Wildman–Crippen MR) is 62.3 cm³/mol. The Morgan fingerprint density at radius 2 is 2.00 bits per heavy atom. The number of carbonyl (C=O) groups excluding carboxylic acids is 1. The monoisotopic (exact) mass is 255 g/mol. The number of hydrogen-bond donors (Lipinski definition) is 2. The molecule has 1 amide bonds. The average molecular weight is 255 g/mol. The second kappa shape index (κ2) is 3.54. The number of hydrogen-bond acceptors (Lipinski definition) is 4. The van der Waals surface area contributed by atoms with E-state index in [0.717, 1.165) is 0 Å². The van der Waals surface area contributed by atoms with Gasteiger partial charge in [-0.1, -0.05) is 6.07 Å². The van der Waals surface area contributed by atoms with Gasteiger partial charge in [-0.25, -0.2) is 8.42 Å². The van der Waals surface area contributed by atoms with E-state index in [9.17, 15) is 13.2 Å². The van der Waals surface area contributed by atoms with Crippen molar-refractivity contribution < 1.29 is 18.3 Å². The zero-order chi connectivity index (χ0) is 12.8. The molecule has 1 aromatic carbocycles. The molecule has 17 heavy (non-hydrogen) atoms. The third-order valence-electron chi connectivity index (χ3n) is 2.98. The molecule has 0 atom stereocenters. The van der Waals surface area contributed by atoms with Crippen molar-refractivity contribution in [3.05, 3.63) is 23.8 Å². The Morgan fingerprint density at radius 1 is 1.35 bits per heavy atom. The molecular weight excluding hydrogens is 242 g/mol. The fraction of sp³-hybridized carbons (Fsp3) is 0.364. The fourth-order valence-electron chi connectivity index (χ4n) is 1.66. The highest BCUT2D eigenvalue weighted by Crippen LogP contribution is 2.36. The minimum absolute atomic E-state index is 0.0636. The van der Waals surface area contributed by atoms with Crippen molar-refractivity contribution in [2.24, 2.45) is 0 Å². The number of rotatable bonds is 1. The lowest BCUT2D eigenvalue weighted by atomic mass is 10.1. The van der Waals surface area contributed by atoms with Gasteiger partial charge in [0.1, 0.15) is 4.75 Å². The quantitative estimate of drug-likeness (QED) is 0.773. The summed E-state index contributed by atoms with van der Waals surface area (Å²) in [6, 6.07) is 4.46. The predicted octanol–water partition coefficient (Wildman–Crippen LogP) is 0.683. The van der Waals surface area contributed by atoms with E-state index in [4.69, 9.17) is 5.11 Å². The highest BCUT2D eigenvalue weighted by molar-refractivity contribution is 7.94. The molecule has 6 heteroatoms. The molecule has 0 aromatic heterocycles. The van der Waals surface area contributed by atoms with Crippen LogP contribution in [0.25, 0.3) is 0 Å².